The first-order valence-electron chi connectivity index (χ1n) is 12.4. The van der Waals surface area contributed by atoms with Crippen LogP contribution in [0.2, 0.25) is 5.02 Å². The van der Waals surface area contributed by atoms with Crippen LogP contribution in [-0.4, -0.2) is 49.8 Å². The summed E-state index contributed by atoms with van der Waals surface area (Å²) >= 11 is 5.82. The molecule has 2 amide bonds. The van der Waals surface area contributed by atoms with Crippen LogP contribution < -0.4 is 19.9 Å². The van der Waals surface area contributed by atoms with Crippen molar-refractivity contribution < 1.29 is 23.5 Å². The average Bonchev–Trinajstić information content (AvgIpc) is 3.37. The van der Waals surface area contributed by atoms with Crippen molar-refractivity contribution in [1.82, 2.24) is 4.98 Å². The quantitative estimate of drug-likeness (QED) is 0.416. The van der Waals surface area contributed by atoms with Crippen molar-refractivity contribution in [2.45, 2.75) is 25.9 Å². The molecule has 1 fully saturated rings. The molecule has 10 heteroatoms. The molecule has 0 saturated carbocycles. The third-order valence-electron chi connectivity index (χ3n) is 6.81. The molecule has 2 unspecified atom stereocenters. The second kappa shape index (κ2) is 10.9. The Morgan fingerprint density at radius 3 is 2.71 bits per heavy atom. The first-order valence-corrected chi connectivity index (χ1v) is 12.8. The molecule has 2 aliphatic heterocycles. The summed E-state index contributed by atoms with van der Waals surface area (Å²) in [6.07, 6.45) is 2.90. The highest BCUT2D eigenvalue weighted by Gasteiger charge is 2.29. The van der Waals surface area contributed by atoms with E-state index in [9.17, 15) is 14.0 Å². The number of ether oxygens (including phenoxy) is 2. The Hall–Kier alpha value is -3.85. The zero-order valence-electron chi connectivity index (χ0n) is 21.1. The lowest BCUT2D eigenvalue weighted by atomic mass is 10.0. The van der Waals surface area contributed by atoms with E-state index in [1.54, 1.807) is 4.90 Å². The van der Waals surface area contributed by atoms with Gasteiger partial charge in [-0.3, -0.25) is 9.69 Å². The van der Waals surface area contributed by atoms with Gasteiger partial charge in [0.1, 0.15) is 23.5 Å². The Morgan fingerprint density at radius 2 is 1.97 bits per heavy atom. The molecule has 0 aliphatic carbocycles. The number of nitrogens with one attached hydrogen (secondary N) is 1. The first-order chi connectivity index (χ1) is 18.3. The number of amides is 2. The number of benzene rings is 2. The molecule has 2 aromatic carbocycles. The standard InChI is InChI=1S/C28H28ClFN4O4/c1-17-15-34(28(36)32-23-6-5-21(29)13-22(23)30)24-7-3-19(12-25(24)38-17)20-4-8-26(31-14-20)33-10-9-18(16-33)11-27(35)37-2/h3-8,12-14,17-18H,9-11,15-16H2,1-2H3,(H,32,36). The van der Waals surface area contributed by atoms with Crippen LogP contribution in [0.15, 0.2) is 54.7 Å². The van der Waals surface area contributed by atoms with E-state index in [4.69, 9.17) is 21.1 Å². The maximum absolute atomic E-state index is 14.2. The fraction of sp³-hybridized carbons (Fsp3) is 0.321. The van der Waals surface area contributed by atoms with Crippen LogP contribution in [0.5, 0.6) is 5.75 Å². The van der Waals surface area contributed by atoms with E-state index in [0.29, 0.717) is 24.4 Å². The summed E-state index contributed by atoms with van der Waals surface area (Å²) in [6.45, 7) is 3.80. The van der Waals surface area contributed by atoms with Gasteiger partial charge in [0.25, 0.3) is 0 Å². The van der Waals surface area contributed by atoms with E-state index in [2.05, 4.69) is 15.2 Å². The summed E-state index contributed by atoms with van der Waals surface area (Å²) in [4.78, 5) is 33.0. The first kappa shape index (κ1) is 25.8. The molecule has 2 aliphatic rings. The molecule has 5 rings (SSSR count). The Kier molecular flexibility index (Phi) is 7.37. The number of aromatic nitrogens is 1. The minimum Gasteiger partial charge on any atom is -0.487 e. The molecule has 1 saturated heterocycles. The molecule has 1 aromatic heterocycles. The summed E-state index contributed by atoms with van der Waals surface area (Å²) < 4.78 is 25.1. The lowest BCUT2D eigenvalue weighted by Gasteiger charge is -2.33. The number of esters is 1. The van der Waals surface area contributed by atoms with Crippen molar-refractivity contribution in [2.24, 2.45) is 5.92 Å². The number of hydrogen-bond donors (Lipinski definition) is 1. The number of urea groups is 1. The Labute approximate surface area is 225 Å². The number of nitrogens with zero attached hydrogens (tertiary/aromatic N) is 3. The van der Waals surface area contributed by atoms with Crippen molar-refractivity contribution in [3.63, 3.8) is 0 Å². The molecular weight excluding hydrogens is 511 g/mol. The second-order valence-corrected chi connectivity index (χ2v) is 10.00. The van der Waals surface area contributed by atoms with E-state index >= 15 is 0 Å². The number of hydrogen-bond acceptors (Lipinski definition) is 6. The Balaban J connectivity index is 1.31. The molecule has 2 atom stereocenters. The number of anilines is 3. The average molecular weight is 539 g/mol. The highest BCUT2D eigenvalue weighted by molar-refractivity contribution is 6.30. The van der Waals surface area contributed by atoms with Gasteiger partial charge in [-0.2, -0.15) is 0 Å². The van der Waals surface area contributed by atoms with E-state index in [-0.39, 0.29) is 28.7 Å². The number of fused-ring (bicyclic) bond motifs is 1. The van der Waals surface area contributed by atoms with Gasteiger partial charge in [0.05, 0.1) is 31.5 Å². The van der Waals surface area contributed by atoms with Crippen LogP contribution in [0.25, 0.3) is 11.1 Å². The van der Waals surface area contributed by atoms with Gasteiger partial charge in [-0.05, 0) is 67.3 Å². The molecule has 8 nitrogen and oxygen atoms in total. The molecule has 0 radical (unpaired) electrons. The van der Waals surface area contributed by atoms with E-state index in [0.717, 1.165) is 42.5 Å². The summed E-state index contributed by atoms with van der Waals surface area (Å²) in [5.41, 5.74) is 2.45. The molecular formula is C28H28ClFN4O4. The molecule has 0 bridgehead atoms. The van der Waals surface area contributed by atoms with Gasteiger partial charge in [-0.1, -0.05) is 17.7 Å². The van der Waals surface area contributed by atoms with Crippen molar-refractivity contribution >= 4 is 40.8 Å². The zero-order valence-corrected chi connectivity index (χ0v) is 21.9. The SMILES string of the molecule is COC(=O)CC1CCN(c2ccc(-c3ccc4c(c3)OC(C)CN4C(=O)Nc3ccc(Cl)cc3F)cn2)C1. The van der Waals surface area contributed by atoms with Crippen molar-refractivity contribution in [3.05, 3.63) is 65.6 Å². The molecule has 3 heterocycles. The zero-order chi connectivity index (χ0) is 26.8. The van der Waals surface area contributed by atoms with Gasteiger partial charge in [-0.25, -0.2) is 14.2 Å². The van der Waals surface area contributed by atoms with Crippen molar-refractivity contribution in [1.29, 1.82) is 0 Å². The molecule has 198 valence electrons. The van der Waals surface area contributed by atoms with E-state index in [1.165, 1.54) is 19.2 Å². The number of halogens is 2. The van der Waals surface area contributed by atoms with Gasteiger partial charge in [0, 0.05) is 29.9 Å². The topological polar surface area (TPSA) is 84.0 Å². The number of methoxy groups -OCH3 is 1. The molecule has 1 N–H and O–H groups in total. The summed E-state index contributed by atoms with van der Waals surface area (Å²) in [5, 5.41) is 2.88. The lowest BCUT2D eigenvalue weighted by molar-refractivity contribution is -0.141. The number of carbonyl (C=O) groups excluding carboxylic acids is 2. The maximum atomic E-state index is 14.2. The van der Waals surface area contributed by atoms with Crippen LogP contribution >= 0.6 is 11.6 Å². The normalized spacial score (nSPS) is 18.5. The maximum Gasteiger partial charge on any atom is 0.326 e. The van der Waals surface area contributed by atoms with E-state index < -0.39 is 11.8 Å². The van der Waals surface area contributed by atoms with Crippen LogP contribution in [0.4, 0.5) is 26.4 Å². The minimum atomic E-state index is -0.605. The third kappa shape index (κ3) is 5.52. The highest BCUT2D eigenvalue weighted by Crippen LogP contribution is 2.38. The molecule has 0 spiro atoms. The Morgan fingerprint density at radius 1 is 1.16 bits per heavy atom. The number of pyridine rings is 1. The Bertz CT molecular complexity index is 1350. The highest BCUT2D eigenvalue weighted by atomic mass is 35.5. The van der Waals surface area contributed by atoms with Crippen molar-refractivity contribution in [2.75, 3.05) is 41.9 Å². The summed E-state index contributed by atoms with van der Waals surface area (Å²) in [7, 11) is 1.41. The smallest absolute Gasteiger partial charge is 0.326 e. The molecule has 38 heavy (non-hydrogen) atoms. The van der Waals surface area contributed by atoms with Crippen LogP contribution in [0.1, 0.15) is 19.8 Å². The fourth-order valence-electron chi connectivity index (χ4n) is 4.86. The summed E-state index contributed by atoms with van der Waals surface area (Å²) in [5.74, 6) is 0.896. The van der Waals surface area contributed by atoms with Gasteiger partial charge >= 0.3 is 12.0 Å². The minimum absolute atomic E-state index is 0.0532. The fourth-order valence-corrected chi connectivity index (χ4v) is 5.02. The number of rotatable bonds is 5. The largest absolute Gasteiger partial charge is 0.487 e. The monoisotopic (exact) mass is 538 g/mol. The molecule has 3 aromatic rings. The van der Waals surface area contributed by atoms with Gasteiger partial charge < -0.3 is 19.7 Å². The predicted molar refractivity (Wildman–Crippen MR) is 144 cm³/mol. The van der Waals surface area contributed by atoms with E-state index in [1.807, 2.05) is 43.5 Å². The second-order valence-electron chi connectivity index (χ2n) is 9.56. The van der Waals surface area contributed by atoms with Crippen molar-refractivity contribution in [3.8, 4) is 16.9 Å². The van der Waals surface area contributed by atoms with Crippen LogP contribution in [0, 0.1) is 11.7 Å². The van der Waals surface area contributed by atoms with Crippen LogP contribution in [0.3, 0.4) is 0 Å². The predicted octanol–water partition coefficient (Wildman–Crippen LogP) is 5.75. The number of carbonyl (C=O) groups is 2. The van der Waals surface area contributed by atoms with Gasteiger partial charge in [0.2, 0.25) is 0 Å². The summed E-state index contributed by atoms with van der Waals surface area (Å²) in [6, 6.07) is 13.2. The van der Waals surface area contributed by atoms with Crippen LogP contribution in [-0.2, 0) is 9.53 Å². The third-order valence-corrected chi connectivity index (χ3v) is 7.05. The van der Waals surface area contributed by atoms with Gasteiger partial charge in [0.15, 0.2) is 0 Å². The van der Waals surface area contributed by atoms with Gasteiger partial charge in [-0.15, -0.1) is 0 Å². The lowest BCUT2D eigenvalue weighted by Crippen LogP contribution is -2.44.